The predicted octanol–water partition coefficient (Wildman–Crippen LogP) is 1.71. The lowest BCUT2D eigenvalue weighted by molar-refractivity contribution is 0.0696. The molecular weight excluding hydrogens is 298 g/mol. The fourth-order valence-corrected chi connectivity index (χ4v) is 2.31. The highest BCUT2D eigenvalue weighted by atomic mass is 35.5. The topological polar surface area (TPSA) is 83.0 Å². The zero-order chi connectivity index (χ0) is 15.4. The summed E-state index contributed by atoms with van der Waals surface area (Å²) in [6, 6.07) is 2.79. The number of carbonyl (C=O) groups is 2. The van der Waals surface area contributed by atoms with Crippen molar-refractivity contribution in [2.45, 2.75) is 6.92 Å². The number of piperazine rings is 1. The Balaban J connectivity index is 2.05. The third-order valence-electron chi connectivity index (χ3n) is 3.16. The van der Waals surface area contributed by atoms with Gasteiger partial charge in [-0.05, 0) is 19.1 Å². The van der Waals surface area contributed by atoms with Crippen LogP contribution in [0.1, 0.15) is 17.3 Å². The highest BCUT2D eigenvalue weighted by Crippen LogP contribution is 2.20. The molecular formula is C13H16ClN3O4. The molecule has 21 heavy (non-hydrogen) atoms. The van der Waals surface area contributed by atoms with Crippen LogP contribution >= 0.6 is 11.6 Å². The molecule has 1 aliphatic heterocycles. The number of carboxylic acid groups (broad SMARTS) is 1. The average molecular weight is 314 g/mol. The molecule has 0 unspecified atom stereocenters. The van der Waals surface area contributed by atoms with Crippen molar-refractivity contribution in [1.29, 1.82) is 0 Å². The van der Waals surface area contributed by atoms with Gasteiger partial charge in [-0.2, -0.15) is 0 Å². The van der Waals surface area contributed by atoms with E-state index in [9.17, 15) is 9.59 Å². The van der Waals surface area contributed by atoms with E-state index in [4.69, 9.17) is 21.4 Å². The lowest BCUT2D eigenvalue weighted by atomic mass is 10.2. The molecule has 1 N–H and O–H groups in total. The van der Waals surface area contributed by atoms with Crippen LogP contribution in [0.5, 0.6) is 0 Å². The minimum atomic E-state index is -1.05. The van der Waals surface area contributed by atoms with E-state index in [1.54, 1.807) is 11.8 Å². The molecule has 0 atom stereocenters. The van der Waals surface area contributed by atoms with Gasteiger partial charge in [0, 0.05) is 26.2 Å². The number of ether oxygens (including phenoxy) is 1. The molecule has 1 fully saturated rings. The summed E-state index contributed by atoms with van der Waals surface area (Å²) in [4.78, 5) is 30.3. The molecule has 0 bridgehead atoms. The smallest absolute Gasteiger partial charge is 0.409 e. The maximum atomic E-state index is 11.6. The molecule has 1 aliphatic rings. The Morgan fingerprint density at radius 3 is 2.57 bits per heavy atom. The number of halogens is 1. The monoisotopic (exact) mass is 313 g/mol. The molecule has 1 saturated heterocycles. The van der Waals surface area contributed by atoms with Crippen LogP contribution in [0.4, 0.5) is 10.6 Å². The van der Waals surface area contributed by atoms with E-state index in [0.29, 0.717) is 38.6 Å². The van der Waals surface area contributed by atoms with Gasteiger partial charge in [-0.1, -0.05) is 11.6 Å². The van der Waals surface area contributed by atoms with Gasteiger partial charge in [0.25, 0.3) is 0 Å². The molecule has 0 aliphatic carbocycles. The van der Waals surface area contributed by atoms with Gasteiger partial charge in [0.05, 0.1) is 12.2 Å². The van der Waals surface area contributed by atoms with Crippen molar-refractivity contribution >= 4 is 29.5 Å². The fourth-order valence-electron chi connectivity index (χ4n) is 2.10. The Kier molecular flexibility index (Phi) is 4.85. The lowest BCUT2D eigenvalue weighted by Gasteiger charge is -2.34. The van der Waals surface area contributed by atoms with Crippen molar-refractivity contribution in [2.24, 2.45) is 0 Å². The van der Waals surface area contributed by atoms with Gasteiger partial charge in [-0.3, -0.25) is 0 Å². The summed E-state index contributed by atoms with van der Waals surface area (Å²) in [5.74, 6) is -0.547. The largest absolute Gasteiger partial charge is 0.478 e. The Morgan fingerprint density at radius 1 is 1.33 bits per heavy atom. The number of amides is 1. The van der Waals surface area contributed by atoms with E-state index < -0.39 is 5.97 Å². The van der Waals surface area contributed by atoms with E-state index in [-0.39, 0.29) is 16.8 Å². The fraction of sp³-hybridized carbons (Fsp3) is 0.462. The van der Waals surface area contributed by atoms with Crippen LogP contribution in [0.2, 0.25) is 5.15 Å². The quantitative estimate of drug-likeness (QED) is 0.855. The number of hydrogen-bond acceptors (Lipinski definition) is 5. The van der Waals surface area contributed by atoms with Crippen LogP contribution in [0.25, 0.3) is 0 Å². The Labute approximate surface area is 127 Å². The first-order chi connectivity index (χ1) is 10.0. The predicted molar refractivity (Wildman–Crippen MR) is 77.0 cm³/mol. The van der Waals surface area contributed by atoms with Crippen LogP contribution in [0.3, 0.4) is 0 Å². The van der Waals surface area contributed by atoms with E-state index in [2.05, 4.69) is 4.98 Å². The Morgan fingerprint density at radius 2 is 2.00 bits per heavy atom. The van der Waals surface area contributed by atoms with Gasteiger partial charge < -0.3 is 19.6 Å². The van der Waals surface area contributed by atoms with Crippen LogP contribution in [-0.4, -0.2) is 59.8 Å². The summed E-state index contributed by atoms with van der Waals surface area (Å²) in [5, 5.41) is 9.17. The van der Waals surface area contributed by atoms with Crippen LogP contribution in [-0.2, 0) is 4.74 Å². The van der Waals surface area contributed by atoms with Crippen molar-refractivity contribution in [3.63, 3.8) is 0 Å². The normalized spacial score (nSPS) is 15.0. The number of hydrogen-bond donors (Lipinski definition) is 1. The summed E-state index contributed by atoms with van der Waals surface area (Å²) < 4.78 is 4.95. The first-order valence-corrected chi connectivity index (χ1v) is 6.96. The van der Waals surface area contributed by atoms with Crippen molar-refractivity contribution in [3.05, 3.63) is 22.8 Å². The third kappa shape index (κ3) is 3.75. The maximum absolute atomic E-state index is 11.6. The third-order valence-corrected chi connectivity index (χ3v) is 3.35. The molecule has 114 valence electrons. The summed E-state index contributed by atoms with van der Waals surface area (Å²) in [5.41, 5.74) is 0.0952. The molecule has 8 heteroatoms. The highest BCUT2D eigenvalue weighted by Gasteiger charge is 2.23. The average Bonchev–Trinajstić information content (AvgIpc) is 2.47. The summed E-state index contributed by atoms with van der Waals surface area (Å²) in [7, 11) is 0. The number of anilines is 1. The van der Waals surface area contributed by atoms with Gasteiger partial charge in [0.1, 0.15) is 11.0 Å². The number of carboxylic acids is 1. The molecule has 0 aromatic carbocycles. The lowest BCUT2D eigenvalue weighted by Crippen LogP contribution is -2.49. The van der Waals surface area contributed by atoms with E-state index in [0.717, 1.165) is 0 Å². The van der Waals surface area contributed by atoms with Crippen molar-refractivity contribution in [2.75, 3.05) is 37.7 Å². The Hall–Kier alpha value is -2.02. The number of pyridine rings is 1. The molecule has 0 spiro atoms. The van der Waals surface area contributed by atoms with Crippen molar-refractivity contribution < 1.29 is 19.4 Å². The number of aromatic carboxylic acids is 1. The molecule has 7 nitrogen and oxygen atoms in total. The molecule has 2 heterocycles. The second-order valence-electron chi connectivity index (χ2n) is 4.51. The standard InChI is InChI=1S/C13H16ClN3O4/c1-2-21-13(20)17-5-3-16(4-6-17)11-8-9(12(18)19)7-10(14)15-11/h7-8H,2-6H2,1H3,(H,18,19). The molecule has 1 amide bonds. The SMILES string of the molecule is CCOC(=O)N1CCN(c2cc(C(=O)O)cc(Cl)n2)CC1. The second-order valence-corrected chi connectivity index (χ2v) is 4.90. The van der Waals surface area contributed by atoms with Crippen LogP contribution in [0, 0.1) is 0 Å². The van der Waals surface area contributed by atoms with Crippen LogP contribution in [0.15, 0.2) is 12.1 Å². The number of carbonyl (C=O) groups excluding carboxylic acids is 1. The van der Waals surface area contributed by atoms with Crippen LogP contribution < -0.4 is 4.90 Å². The maximum Gasteiger partial charge on any atom is 0.409 e. The summed E-state index contributed by atoms with van der Waals surface area (Å²) in [6.45, 7) is 4.19. The molecule has 0 saturated carbocycles. The zero-order valence-electron chi connectivity index (χ0n) is 11.6. The highest BCUT2D eigenvalue weighted by molar-refractivity contribution is 6.29. The minimum Gasteiger partial charge on any atom is -0.478 e. The summed E-state index contributed by atoms with van der Waals surface area (Å²) in [6.07, 6.45) is -0.331. The minimum absolute atomic E-state index is 0.0952. The van der Waals surface area contributed by atoms with Gasteiger partial charge in [0.15, 0.2) is 0 Å². The van der Waals surface area contributed by atoms with E-state index >= 15 is 0 Å². The first-order valence-electron chi connectivity index (χ1n) is 6.58. The summed E-state index contributed by atoms with van der Waals surface area (Å²) >= 11 is 5.85. The van der Waals surface area contributed by atoms with Crippen molar-refractivity contribution in [3.8, 4) is 0 Å². The van der Waals surface area contributed by atoms with E-state index in [1.807, 2.05) is 4.90 Å². The Bertz CT molecular complexity index is 544. The molecule has 2 rings (SSSR count). The van der Waals surface area contributed by atoms with E-state index in [1.165, 1.54) is 12.1 Å². The second kappa shape index (κ2) is 6.62. The molecule has 1 aromatic heterocycles. The van der Waals surface area contributed by atoms with Gasteiger partial charge in [-0.25, -0.2) is 14.6 Å². The number of nitrogens with zero attached hydrogens (tertiary/aromatic N) is 3. The van der Waals surface area contributed by atoms with Gasteiger partial charge >= 0.3 is 12.1 Å². The van der Waals surface area contributed by atoms with Crippen molar-refractivity contribution in [1.82, 2.24) is 9.88 Å². The molecule has 0 radical (unpaired) electrons. The number of rotatable bonds is 3. The number of aromatic nitrogens is 1. The first kappa shape index (κ1) is 15.4. The van der Waals surface area contributed by atoms with Gasteiger partial charge in [0.2, 0.25) is 0 Å². The van der Waals surface area contributed by atoms with Gasteiger partial charge in [-0.15, -0.1) is 0 Å². The zero-order valence-corrected chi connectivity index (χ0v) is 12.3. The molecule has 1 aromatic rings.